The molecular weight excluding hydrogens is 420 g/mol. The van der Waals surface area contributed by atoms with Crippen molar-refractivity contribution in [2.24, 2.45) is 5.10 Å². The lowest BCUT2D eigenvalue weighted by atomic mass is 10.1. The molecule has 0 unspecified atom stereocenters. The molecule has 172 valence electrons. The molecule has 7 heteroatoms. The second kappa shape index (κ2) is 12.1. The lowest BCUT2D eigenvalue weighted by molar-refractivity contribution is -0.120. The summed E-state index contributed by atoms with van der Waals surface area (Å²) in [5.41, 5.74) is 5.18. The van der Waals surface area contributed by atoms with Crippen molar-refractivity contribution in [3.63, 3.8) is 0 Å². The SMILES string of the molecule is CCOc1cc(/C=N\NC(=O)Cc2ccc(OC)c(OC)c2)ccc1OCc1ccccc1. The van der Waals surface area contributed by atoms with Gasteiger partial charge in [0.2, 0.25) is 5.91 Å². The van der Waals surface area contributed by atoms with Gasteiger partial charge in [-0.05, 0) is 53.9 Å². The van der Waals surface area contributed by atoms with E-state index in [2.05, 4.69) is 10.5 Å². The zero-order chi connectivity index (χ0) is 23.5. The zero-order valence-corrected chi connectivity index (χ0v) is 19.0. The fourth-order valence-corrected chi connectivity index (χ4v) is 3.12. The number of nitrogens with zero attached hydrogens (tertiary/aromatic N) is 1. The van der Waals surface area contributed by atoms with Crippen LogP contribution in [0, 0.1) is 0 Å². The molecule has 3 aromatic carbocycles. The molecule has 0 heterocycles. The molecule has 0 bridgehead atoms. The first kappa shape index (κ1) is 23.7. The van der Waals surface area contributed by atoms with Crippen molar-refractivity contribution in [3.8, 4) is 23.0 Å². The van der Waals surface area contributed by atoms with E-state index < -0.39 is 0 Å². The van der Waals surface area contributed by atoms with Gasteiger partial charge in [-0.2, -0.15) is 5.10 Å². The van der Waals surface area contributed by atoms with Crippen molar-refractivity contribution in [3.05, 3.63) is 83.4 Å². The van der Waals surface area contributed by atoms with E-state index in [1.807, 2.05) is 61.5 Å². The summed E-state index contributed by atoms with van der Waals surface area (Å²) in [7, 11) is 3.12. The molecule has 3 aromatic rings. The van der Waals surface area contributed by atoms with Crippen molar-refractivity contribution in [2.45, 2.75) is 20.0 Å². The molecule has 0 saturated heterocycles. The quantitative estimate of drug-likeness (QED) is 0.348. The number of hydrogen-bond acceptors (Lipinski definition) is 6. The first-order valence-corrected chi connectivity index (χ1v) is 10.6. The molecule has 7 nitrogen and oxygen atoms in total. The molecule has 1 N–H and O–H groups in total. The standard InChI is InChI=1S/C26H28N2O5/c1-4-32-25-15-21(11-13-23(25)33-18-19-8-6-5-7-9-19)17-27-28-26(29)16-20-10-12-22(30-2)24(14-20)31-3/h5-15,17H,4,16,18H2,1-3H3,(H,28,29)/b27-17-. The van der Waals surface area contributed by atoms with Crippen molar-refractivity contribution >= 4 is 12.1 Å². The average Bonchev–Trinajstić information content (AvgIpc) is 2.84. The normalized spacial score (nSPS) is 10.6. The van der Waals surface area contributed by atoms with Crippen molar-refractivity contribution in [1.82, 2.24) is 5.43 Å². The maximum atomic E-state index is 12.3. The molecule has 0 saturated carbocycles. The maximum absolute atomic E-state index is 12.3. The van der Waals surface area contributed by atoms with Crippen molar-refractivity contribution < 1.29 is 23.7 Å². The predicted octanol–water partition coefficient (Wildman–Crippen LogP) is 4.37. The Balaban J connectivity index is 1.59. The fraction of sp³-hybridized carbons (Fsp3) is 0.231. The lowest BCUT2D eigenvalue weighted by Crippen LogP contribution is -2.19. The summed E-state index contributed by atoms with van der Waals surface area (Å²) >= 11 is 0. The highest BCUT2D eigenvalue weighted by molar-refractivity contribution is 5.84. The van der Waals surface area contributed by atoms with Crippen LogP contribution in [0.2, 0.25) is 0 Å². The van der Waals surface area contributed by atoms with E-state index >= 15 is 0 Å². The van der Waals surface area contributed by atoms with E-state index in [1.54, 1.807) is 32.6 Å². The Morgan fingerprint density at radius 3 is 2.33 bits per heavy atom. The topological polar surface area (TPSA) is 78.4 Å². The molecule has 0 aliphatic heterocycles. The van der Waals surface area contributed by atoms with Gasteiger partial charge < -0.3 is 18.9 Å². The van der Waals surface area contributed by atoms with Crippen LogP contribution in [0.25, 0.3) is 0 Å². The van der Waals surface area contributed by atoms with Gasteiger partial charge >= 0.3 is 0 Å². The Kier molecular flexibility index (Phi) is 8.71. The molecule has 0 atom stereocenters. The minimum Gasteiger partial charge on any atom is -0.493 e. The molecular formula is C26H28N2O5. The molecule has 0 radical (unpaired) electrons. The van der Waals surface area contributed by atoms with Gasteiger partial charge in [-0.15, -0.1) is 0 Å². The summed E-state index contributed by atoms with van der Waals surface area (Å²) in [5, 5.41) is 4.06. The van der Waals surface area contributed by atoms with Crippen molar-refractivity contribution in [2.75, 3.05) is 20.8 Å². The third kappa shape index (κ3) is 7.00. The summed E-state index contributed by atoms with van der Waals surface area (Å²) in [5.74, 6) is 2.21. The van der Waals surface area contributed by atoms with Crippen molar-refractivity contribution in [1.29, 1.82) is 0 Å². The van der Waals surface area contributed by atoms with Crippen LogP contribution < -0.4 is 24.4 Å². The van der Waals surface area contributed by atoms with Crippen LogP contribution in [0.1, 0.15) is 23.6 Å². The second-order valence-electron chi connectivity index (χ2n) is 7.07. The highest BCUT2D eigenvalue weighted by atomic mass is 16.5. The second-order valence-corrected chi connectivity index (χ2v) is 7.07. The number of rotatable bonds is 11. The number of hydrogen-bond donors (Lipinski definition) is 1. The van der Waals surface area contributed by atoms with Crippen LogP contribution >= 0.6 is 0 Å². The number of hydrazone groups is 1. The molecule has 33 heavy (non-hydrogen) atoms. The van der Waals surface area contributed by atoms with Crippen LogP contribution in [0.5, 0.6) is 23.0 Å². The van der Waals surface area contributed by atoms with Gasteiger partial charge in [0.15, 0.2) is 23.0 Å². The van der Waals surface area contributed by atoms with Gasteiger partial charge in [0.1, 0.15) is 6.61 Å². The maximum Gasteiger partial charge on any atom is 0.244 e. The number of ether oxygens (including phenoxy) is 4. The summed E-state index contributed by atoms with van der Waals surface area (Å²) < 4.78 is 22.1. The average molecular weight is 449 g/mol. The Hall–Kier alpha value is -4.00. The Morgan fingerprint density at radius 2 is 1.61 bits per heavy atom. The van der Waals surface area contributed by atoms with Gasteiger partial charge in [-0.3, -0.25) is 4.79 Å². The Morgan fingerprint density at radius 1 is 0.848 bits per heavy atom. The zero-order valence-electron chi connectivity index (χ0n) is 19.0. The van der Waals surface area contributed by atoms with E-state index in [1.165, 1.54) is 0 Å². The minimum absolute atomic E-state index is 0.161. The summed E-state index contributed by atoms with van der Waals surface area (Å²) in [6.07, 6.45) is 1.73. The third-order valence-corrected chi connectivity index (χ3v) is 4.72. The molecule has 0 spiro atoms. The molecule has 1 amide bonds. The predicted molar refractivity (Wildman–Crippen MR) is 127 cm³/mol. The van der Waals surface area contributed by atoms with Gasteiger partial charge in [0.05, 0.1) is 33.5 Å². The monoisotopic (exact) mass is 448 g/mol. The summed E-state index contributed by atoms with van der Waals surface area (Å²) in [6.45, 7) is 2.86. The van der Waals surface area contributed by atoms with Crippen LogP contribution in [-0.4, -0.2) is 32.9 Å². The van der Waals surface area contributed by atoms with E-state index in [4.69, 9.17) is 18.9 Å². The van der Waals surface area contributed by atoms with Gasteiger partial charge in [0.25, 0.3) is 0 Å². The molecule has 0 aliphatic carbocycles. The van der Waals surface area contributed by atoms with Crippen LogP contribution in [0.4, 0.5) is 0 Å². The molecule has 3 rings (SSSR count). The first-order valence-electron chi connectivity index (χ1n) is 10.6. The van der Waals surface area contributed by atoms with Gasteiger partial charge in [0, 0.05) is 0 Å². The highest BCUT2D eigenvalue weighted by Crippen LogP contribution is 2.29. The van der Waals surface area contributed by atoms with Crippen LogP contribution in [0.3, 0.4) is 0 Å². The first-order chi connectivity index (χ1) is 16.1. The summed E-state index contributed by atoms with van der Waals surface area (Å²) in [6, 6.07) is 20.8. The number of carbonyl (C=O) groups is 1. The van der Waals surface area contributed by atoms with Crippen LogP contribution in [-0.2, 0) is 17.8 Å². The Bertz CT molecular complexity index is 1080. The fourth-order valence-electron chi connectivity index (χ4n) is 3.12. The van der Waals surface area contributed by atoms with E-state index in [-0.39, 0.29) is 12.3 Å². The highest BCUT2D eigenvalue weighted by Gasteiger charge is 2.09. The van der Waals surface area contributed by atoms with Gasteiger partial charge in [-0.25, -0.2) is 5.43 Å². The van der Waals surface area contributed by atoms with E-state index in [9.17, 15) is 4.79 Å². The van der Waals surface area contributed by atoms with Crippen LogP contribution in [0.15, 0.2) is 71.8 Å². The van der Waals surface area contributed by atoms with E-state index in [0.717, 1.165) is 16.7 Å². The smallest absolute Gasteiger partial charge is 0.244 e. The number of methoxy groups -OCH3 is 2. The number of amides is 1. The number of carbonyl (C=O) groups excluding carboxylic acids is 1. The Labute approximate surface area is 193 Å². The number of nitrogens with one attached hydrogen (secondary N) is 1. The molecule has 0 aromatic heterocycles. The minimum atomic E-state index is -0.244. The molecule has 0 aliphatic rings. The molecule has 0 fully saturated rings. The van der Waals surface area contributed by atoms with Gasteiger partial charge in [-0.1, -0.05) is 36.4 Å². The van der Waals surface area contributed by atoms with E-state index in [0.29, 0.717) is 36.2 Å². The lowest BCUT2D eigenvalue weighted by Gasteiger charge is -2.12. The third-order valence-electron chi connectivity index (χ3n) is 4.72. The number of benzene rings is 3. The largest absolute Gasteiger partial charge is 0.493 e. The summed E-state index contributed by atoms with van der Waals surface area (Å²) in [4.78, 5) is 12.3.